The fourth-order valence-corrected chi connectivity index (χ4v) is 5.53. The third-order valence-corrected chi connectivity index (χ3v) is 8.07. The molecule has 2 heterocycles. The summed E-state index contributed by atoms with van der Waals surface area (Å²) in [6.45, 7) is 6.44. The predicted molar refractivity (Wildman–Crippen MR) is 167 cm³/mol. The largest absolute Gasteiger partial charge is 0.494 e. The van der Waals surface area contributed by atoms with Gasteiger partial charge in [-0.1, -0.05) is 6.58 Å². The maximum Gasteiger partial charge on any atom is 0.247 e. The van der Waals surface area contributed by atoms with Gasteiger partial charge in [0.2, 0.25) is 11.9 Å². The van der Waals surface area contributed by atoms with Crippen LogP contribution in [0.2, 0.25) is 0 Å². The number of rotatable bonds is 10. The molecule has 216 valence electrons. The predicted octanol–water partition coefficient (Wildman–Crippen LogP) is 5.22. The third-order valence-electron chi connectivity index (χ3n) is 8.07. The van der Waals surface area contributed by atoms with Crippen LogP contribution in [-0.2, 0) is 11.8 Å². The van der Waals surface area contributed by atoms with Gasteiger partial charge in [-0.2, -0.15) is 5.26 Å². The molecule has 1 saturated carbocycles. The molecule has 2 N–H and O–H groups in total. The van der Waals surface area contributed by atoms with Crippen LogP contribution < -0.4 is 20.3 Å². The summed E-state index contributed by atoms with van der Waals surface area (Å²) in [5, 5.41) is 17.1. The lowest BCUT2D eigenvalue weighted by Crippen LogP contribution is -2.41. The second kappa shape index (κ2) is 11.2. The standard InChI is InChI=1S/C32H36N8O2/c1-8-29(41)35-25-15-26(28(42-7)16-27(25)40(6)19-32(10-11-32)38(3)4)37-31-34-12-9-24(36-31)21-13-22(17-33)30-23(14-21)20(2)18-39(30)5/h8-9,12-16,18H,1,10-11,19H2,2-7H3,(H,35,41)(H,34,36,37). The smallest absolute Gasteiger partial charge is 0.247 e. The van der Waals surface area contributed by atoms with Crippen molar-refractivity contribution in [3.8, 4) is 23.1 Å². The quantitative estimate of drug-likeness (QED) is 0.252. The van der Waals surface area contributed by atoms with Gasteiger partial charge in [0, 0.05) is 55.6 Å². The number of fused-ring (bicyclic) bond motifs is 1. The van der Waals surface area contributed by atoms with Crippen LogP contribution in [0.1, 0.15) is 24.0 Å². The molecule has 0 unspecified atom stereocenters. The first-order chi connectivity index (χ1) is 20.1. The van der Waals surface area contributed by atoms with Crippen molar-refractivity contribution in [3.05, 3.63) is 66.5 Å². The van der Waals surface area contributed by atoms with E-state index >= 15 is 0 Å². The number of likely N-dealkylation sites (N-methyl/N-ethyl adjacent to an activating group) is 2. The summed E-state index contributed by atoms with van der Waals surface area (Å²) in [6, 6.07) is 11.8. The van der Waals surface area contributed by atoms with Crippen LogP contribution >= 0.6 is 0 Å². The first-order valence-electron chi connectivity index (χ1n) is 13.7. The van der Waals surface area contributed by atoms with Crippen molar-refractivity contribution in [2.24, 2.45) is 7.05 Å². The van der Waals surface area contributed by atoms with E-state index in [-0.39, 0.29) is 11.4 Å². The lowest BCUT2D eigenvalue weighted by molar-refractivity contribution is -0.111. The van der Waals surface area contributed by atoms with E-state index in [1.54, 1.807) is 13.3 Å². The highest BCUT2D eigenvalue weighted by Gasteiger charge is 2.45. The molecule has 0 saturated heterocycles. The van der Waals surface area contributed by atoms with E-state index in [0.717, 1.165) is 47.1 Å². The van der Waals surface area contributed by atoms with Gasteiger partial charge in [0.05, 0.1) is 40.9 Å². The molecule has 2 aromatic heterocycles. The van der Waals surface area contributed by atoms with Crippen molar-refractivity contribution in [2.45, 2.75) is 25.3 Å². The molecule has 1 aliphatic rings. The van der Waals surface area contributed by atoms with E-state index in [9.17, 15) is 10.1 Å². The topological polar surface area (TPSA) is 111 Å². The second-order valence-electron chi connectivity index (χ2n) is 11.1. The zero-order chi connectivity index (χ0) is 30.2. The van der Waals surface area contributed by atoms with E-state index in [1.807, 2.05) is 62.1 Å². The van der Waals surface area contributed by atoms with Gasteiger partial charge >= 0.3 is 0 Å². The van der Waals surface area contributed by atoms with E-state index in [1.165, 1.54) is 6.08 Å². The summed E-state index contributed by atoms with van der Waals surface area (Å²) in [7, 11) is 9.76. The number of aromatic nitrogens is 3. The molecule has 1 aliphatic carbocycles. The molecular weight excluding hydrogens is 528 g/mol. The average Bonchev–Trinajstić information content (AvgIpc) is 3.71. The molecule has 1 fully saturated rings. The molecule has 0 radical (unpaired) electrons. The van der Waals surface area contributed by atoms with Gasteiger partial charge in [0.15, 0.2) is 0 Å². The van der Waals surface area contributed by atoms with Crippen molar-refractivity contribution in [2.75, 3.05) is 50.3 Å². The monoisotopic (exact) mass is 564 g/mol. The van der Waals surface area contributed by atoms with Crippen molar-refractivity contribution in [3.63, 3.8) is 0 Å². The number of ether oxygens (including phenoxy) is 1. The SMILES string of the molecule is C=CC(=O)Nc1cc(Nc2nccc(-c3cc(C#N)c4c(c3)c(C)cn4C)n2)c(OC)cc1N(C)CC1(N(C)C)CC1. The molecule has 4 aromatic rings. The number of methoxy groups -OCH3 is 1. The number of benzene rings is 2. The number of anilines is 4. The Morgan fingerprint density at radius 1 is 1.24 bits per heavy atom. The fourth-order valence-electron chi connectivity index (χ4n) is 5.53. The highest BCUT2D eigenvalue weighted by atomic mass is 16.5. The Hall–Kier alpha value is -4.88. The molecule has 0 bridgehead atoms. The molecule has 10 heteroatoms. The van der Waals surface area contributed by atoms with E-state index in [2.05, 4.69) is 52.2 Å². The summed E-state index contributed by atoms with van der Waals surface area (Å²) in [5.74, 6) is 0.610. The number of aryl methyl sites for hydroxylation is 2. The van der Waals surface area contributed by atoms with E-state index in [4.69, 9.17) is 9.72 Å². The Bertz CT molecular complexity index is 1730. The summed E-state index contributed by atoms with van der Waals surface area (Å²) in [6.07, 6.45) is 7.18. The number of nitriles is 1. The number of carbonyl (C=O) groups is 1. The highest BCUT2D eigenvalue weighted by Crippen LogP contribution is 2.44. The summed E-state index contributed by atoms with van der Waals surface area (Å²) < 4.78 is 7.74. The minimum absolute atomic E-state index is 0.111. The van der Waals surface area contributed by atoms with Crippen LogP contribution in [0.3, 0.4) is 0 Å². The van der Waals surface area contributed by atoms with Crippen LogP contribution in [0, 0.1) is 18.3 Å². The summed E-state index contributed by atoms with van der Waals surface area (Å²) in [5.41, 5.74) is 6.18. The van der Waals surface area contributed by atoms with Crippen LogP contribution in [0.25, 0.3) is 22.2 Å². The zero-order valence-electron chi connectivity index (χ0n) is 24.9. The molecule has 0 aliphatic heterocycles. The molecule has 5 rings (SSSR count). The Morgan fingerprint density at radius 2 is 2.00 bits per heavy atom. The normalized spacial score (nSPS) is 13.5. The van der Waals surface area contributed by atoms with Crippen molar-refractivity contribution in [1.29, 1.82) is 5.26 Å². The lowest BCUT2D eigenvalue weighted by atomic mass is 10.0. The highest BCUT2D eigenvalue weighted by molar-refractivity contribution is 6.02. The van der Waals surface area contributed by atoms with Crippen molar-refractivity contribution >= 4 is 39.8 Å². The fraction of sp³-hybridized carbons (Fsp3) is 0.312. The van der Waals surface area contributed by atoms with Crippen LogP contribution in [0.4, 0.5) is 23.0 Å². The Kier molecular flexibility index (Phi) is 7.63. The summed E-state index contributed by atoms with van der Waals surface area (Å²) in [4.78, 5) is 26.0. The number of carbonyl (C=O) groups excluding carboxylic acids is 1. The van der Waals surface area contributed by atoms with Crippen LogP contribution in [0.15, 0.2) is 55.4 Å². The first kappa shape index (κ1) is 28.6. The number of nitrogens with one attached hydrogen (secondary N) is 2. The number of hydrogen-bond donors (Lipinski definition) is 2. The molecule has 10 nitrogen and oxygen atoms in total. The van der Waals surface area contributed by atoms with Gasteiger partial charge < -0.3 is 29.7 Å². The molecular formula is C32H36N8O2. The molecule has 1 amide bonds. The third kappa shape index (κ3) is 5.39. The number of amides is 1. The second-order valence-corrected chi connectivity index (χ2v) is 11.1. The maximum atomic E-state index is 12.4. The minimum Gasteiger partial charge on any atom is -0.494 e. The average molecular weight is 565 g/mol. The molecule has 2 aromatic carbocycles. The van der Waals surface area contributed by atoms with Gasteiger partial charge in [0.25, 0.3) is 0 Å². The van der Waals surface area contributed by atoms with Crippen LogP contribution in [0.5, 0.6) is 5.75 Å². The minimum atomic E-state index is -0.312. The van der Waals surface area contributed by atoms with Gasteiger partial charge in [-0.15, -0.1) is 0 Å². The Balaban J connectivity index is 1.51. The maximum absolute atomic E-state index is 12.4. The zero-order valence-corrected chi connectivity index (χ0v) is 24.9. The van der Waals surface area contributed by atoms with E-state index < -0.39 is 0 Å². The van der Waals surface area contributed by atoms with Crippen molar-refractivity contribution < 1.29 is 9.53 Å². The van der Waals surface area contributed by atoms with Crippen molar-refractivity contribution in [1.82, 2.24) is 19.4 Å². The van der Waals surface area contributed by atoms with Gasteiger partial charge in [0.1, 0.15) is 11.8 Å². The number of hydrogen-bond acceptors (Lipinski definition) is 8. The van der Waals surface area contributed by atoms with Gasteiger partial charge in [-0.3, -0.25) is 4.79 Å². The number of nitrogens with zero attached hydrogens (tertiary/aromatic N) is 6. The van der Waals surface area contributed by atoms with E-state index in [0.29, 0.717) is 34.3 Å². The Labute approximate surface area is 246 Å². The van der Waals surface area contributed by atoms with Gasteiger partial charge in [-0.05, 0) is 69.8 Å². The van der Waals surface area contributed by atoms with Crippen LogP contribution in [-0.4, -0.2) is 65.7 Å². The van der Waals surface area contributed by atoms with Gasteiger partial charge in [-0.25, -0.2) is 9.97 Å². The molecule has 0 spiro atoms. The molecule has 42 heavy (non-hydrogen) atoms. The molecule has 0 atom stereocenters. The summed E-state index contributed by atoms with van der Waals surface area (Å²) >= 11 is 0. The Morgan fingerprint density at radius 3 is 2.64 bits per heavy atom. The lowest BCUT2D eigenvalue weighted by Gasteiger charge is -2.32. The first-order valence-corrected chi connectivity index (χ1v) is 13.7.